The molecule has 0 atom stereocenters. The Morgan fingerprint density at radius 1 is 0.589 bits per heavy atom. The lowest BCUT2D eigenvalue weighted by atomic mass is 9.97. The molecule has 2 heterocycles. The van der Waals surface area contributed by atoms with Crippen molar-refractivity contribution in [2.45, 2.75) is 37.5 Å². The highest BCUT2D eigenvalue weighted by Gasteiger charge is 2.36. The molecule has 0 aliphatic rings. The maximum Gasteiger partial charge on any atom is 0.445 e. The third-order valence-electron chi connectivity index (χ3n) is 7.69. The van der Waals surface area contributed by atoms with Crippen molar-refractivity contribution in [1.82, 2.24) is 15.2 Å². The molecule has 4 aromatic carbocycles. The van der Waals surface area contributed by atoms with E-state index in [2.05, 4.69) is 31.1 Å². The number of thiazole rings is 1. The normalized spacial score (nSPS) is 12.3. The standard InChI is InChI=1S/C18H10BrF6NS.C18H10F6N2O2S/c19-13-6-3-11(7-10-1-4-12(5-2-10)17(20,21)22)14(8-13)16-26-9-15(27-16)18(23,24)25;19-17(20,21)12-5-1-9(2-6-12)7-10-3-4-11(15(27)28)8-13(10)14-25-26-16(29-14)18(22,23)24/h1-6,8-9H,7H2;1-6,8H,7H2,(H,27,28). The summed E-state index contributed by atoms with van der Waals surface area (Å²) in [5.74, 6) is -1.28. The van der Waals surface area contributed by atoms with Crippen LogP contribution in [-0.4, -0.2) is 26.3 Å². The number of benzene rings is 4. The second-order valence-electron chi connectivity index (χ2n) is 11.7. The topological polar surface area (TPSA) is 76.0 Å². The number of carboxylic acid groups (broad SMARTS) is 1. The summed E-state index contributed by atoms with van der Waals surface area (Å²) in [5, 5.41) is 14.6. The maximum atomic E-state index is 12.8. The Hall–Kier alpha value is -4.82. The molecule has 56 heavy (non-hydrogen) atoms. The molecule has 0 bridgehead atoms. The minimum atomic E-state index is -4.70. The molecule has 0 unspecified atom stereocenters. The minimum Gasteiger partial charge on any atom is -0.478 e. The highest BCUT2D eigenvalue weighted by Crippen LogP contribution is 2.40. The first kappa shape index (κ1) is 42.3. The number of halogens is 13. The number of carbonyl (C=O) groups is 1. The van der Waals surface area contributed by atoms with Gasteiger partial charge in [0.05, 0.1) is 22.9 Å². The van der Waals surface area contributed by atoms with Gasteiger partial charge in [0.15, 0.2) is 0 Å². The third kappa shape index (κ3) is 10.7. The second kappa shape index (κ2) is 16.3. The molecule has 0 aliphatic carbocycles. The van der Waals surface area contributed by atoms with Crippen LogP contribution < -0.4 is 0 Å². The van der Waals surface area contributed by atoms with Crippen LogP contribution in [0, 0.1) is 0 Å². The van der Waals surface area contributed by atoms with Crippen molar-refractivity contribution in [2.24, 2.45) is 0 Å². The maximum absolute atomic E-state index is 12.8. The van der Waals surface area contributed by atoms with E-state index in [1.165, 1.54) is 42.5 Å². The predicted molar refractivity (Wildman–Crippen MR) is 186 cm³/mol. The Labute approximate surface area is 324 Å². The van der Waals surface area contributed by atoms with Crippen molar-refractivity contribution in [3.8, 4) is 21.1 Å². The fourth-order valence-electron chi connectivity index (χ4n) is 5.00. The van der Waals surface area contributed by atoms with Crippen molar-refractivity contribution in [3.05, 3.63) is 144 Å². The molecule has 5 nitrogen and oxygen atoms in total. The third-order valence-corrected chi connectivity index (χ3v) is 10.3. The largest absolute Gasteiger partial charge is 0.478 e. The van der Waals surface area contributed by atoms with Crippen LogP contribution in [0.15, 0.2) is 95.6 Å². The molecule has 294 valence electrons. The molecule has 0 spiro atoms. The predicted octanol–water partition coefficient (Wildman–Crippen LogP) is 12.7. The molecule has 0 aliphatic heterocycles. The van der Waals surface area contributed by atoms with Crippen LogP contribution in [0.5, 0.6) is 0 Å². The lowest BCUT2D eigenvalue weighted by molar-refractivity contribution is -0.138. The van der Waals surface area contributed by atoms with Gasteiger partial charge in [-0.15, -0.1) is 21.5 Å². The van der Waals surface area contributed by atoms with E-state index >= 15 is 0 Å². The summed E-state index contributed by atoms with van der Waals surface area (Å²) in [7, 11) is 0. The van der Waals surface area contributed by atoms with Gasteiger partial charge in [0.25, 0.3) is 0 Å². The van der Waals surface area contributed by atoms with Gasteiger partial charge in [-0.05, 0) is 83.6 Å². The zero-order valence-electron chi connectivity index (χ0n) is 27.5. The fourth-order valence-corrected chi connectivity index (χ4v) is 6.96. The van der Waals surface area contributed by atoms with Crippen LogP contribution in [0.2, 0.25) is 0 Å². The summed E-state index contributed by atoms with van der Waals surface area (Å²) >= 11 is 4.07. The smallest absolute Gasteiger partial charge is 0.445 e. The average Bonchev–Trinajstić information content (AvgIpc) is 3.81. The van der Waals surface area contributed by atoms with Crippen molar-refractivity contribution in [3.63, 3.8) is 0 Å². The van der Waals surface area contributed by atoms with E-state index in [9.17, 15) is 57.5 Å². The first-order chi connectivity index (χ1) is 26.0. The Bertz CT molecular complexity index is 2310. The molecule has 6 rings (SSSR count). The molecule has 1 N–H and O–H groups in total. The summed E-state index contributed by atoms with van der Waals surface area (Å²) in [6.45, 7) is 0. The number of aromatic carboxylic acids is 1. The van der Waals surface area contributed by atoms with Crippen LogP contribution in [0.4, 0.5) is 52.7 Å². The van der Waals surface area contributed by atoms with Gasteiger partial charge in [-0.25, -0.2) is 9.78 Å². The van der Waals surface area contributed by atoms with Crippen LogP contribution in [-0.2, 0) is 37.5 Å². The molecule has 0 radical (unpaired) electrons. The van der Waals surface area contributed by atoms with Crippen molar-refractivity contribution in [1.29, 1.82) is 0 Å². The Kier molecular flexibility index (Phi) is 12.4. The summed E-state index contributed by atoms with van der Waals surface area (Å²) in [6, 6.07) is 17.9. The van der Waals surface area contributed by atoms with Crippen LogP contribution in [0.3, 0.4) is 0 Å². The Balaban J connectivity index is 0.000000215. The van der Waals surface area contributed by atoms with Gasteiger partial charge in [-0.2, -0.15) is 52.7 Å². The van der Waals surface area contributed by atoms with Crippen LogP contribution in [0.25, 0.3) is 21.1 Å². The number of carboxylic acids is 1. The number of rotatable bonds is 7. The lowest BCUT2D eigenvalue weighted by Crippen LogP contribution is -2.04. The molecule has 6 aromatic rings. The first-order valence-corrected chi connectivity index (χ1v) is 17.8. The van der Waals surface area contributed by atoms with Crippen molar-refractivity contribution in [2.75, 3.05) is 0 Å². The number of aromatic nitrogens is 3. The van der Waals surface area contributed by atoms with Gasteiger partial charge < -0.3 is 5.11 Å². The van der Waals surface area contributed by atoms with E-state index < -0.39 is 51.7 Å². The molecule has 0 saturated carbocycles. The fraction of sp³-hybridized carbons (Fsp3) is 0.167. The van der Waals surface area contributed by atoms with Crippen molar-refractivity contribution >= 4 is 44.6 Å². The molecule has 0 fully saturated rings. The Morgan fingerprint density at radius 3 is 1.52 bits per heavy atom. The summed E-state index contributed by atoms with van der Waals surface area (Å²) < 4.78 is 154. The van der Waals surface area contributed by atoms with E-state index in [1.807, 2.05) is 0 Å². The summed E-state index contributed by atoms with van der Waals surface area (Å²) in [5.41, 5.74) is 1.02. The van der Waals surface area contributed by atoms with Gasteiger partial charge in [0, 0.05) is 15.6 Å². The lowest BCUT2D eigenvalue weighted by Gasteiger charge is -2.10. The van der Waals surface area contributed by atoms with Gasteiger partial charge in [-0.1, -0.05) is 63.7 Å². The highest BCUT2D eigenvalue weighted by atomic mass is 79.9. The van der Waals surface area contributed by atoms with E-state index in [0.29, 0.717) is 43.6 Å². The number of hydrogen-bond acceptors (Lipinski definition) is 6. The SMILES string of the molecule is FC(F)(F)c1ccc(Cc2ccc(Br)cc2-c2ncc(C(F)(F)F)s2)cc1.O=C(O)c1ccc(Cc2ccc(C(F)(F)F)cc2)c(-c2nnc(C(F)(F)F)s2)c1. The molecular weight excluding hydrogens is 878 g/mol. The monoisotopic (exact) mass is 897 g/mol. The molecule has 20 heteroatoms. The average molecular weight is 899 g/mol. The number of alkyl halides is 12. The highest BCUT2D eigenvalue weighted by molar-refractivity contribution is 9.10. The molecule has 0 saturated heterocycles. The molecule has 2 aromatic heterocycles. The van der Waals surface area contributed by atoms with Crippen molar-refractivity contribution < 1.29 is 62.6 Å². The summed E-state index contributed by atoms with van der Waals surface area (Å²) in [6.07, 6.45) is -17.0. The zero-order valence-corrected chi connectivity index (χ0v) is 30.7. The van der Waals surface area contributed by atoms with E-state index in [1.54, 1.807) is 18.2 Å². The van der Waals surface area contributed by atoms with E-state index in [4.69, 9.17) is 5.11 Å². The van der Waals surface area contributed by atoms with Crippen LogP contribution >= 0.6 is 38.6 Å². The quantitative estimate of drug-likeness (QED) is 0.162. The Morgan fingerprint density at radius 2 is 1.09 bits per heavy atom. The van der Waals surface area contributed by atoms with Gasteiger partial charge in [0.1, 0.15) is 14.9 Å². The van der Waals surface area contributed by atoms with E-state index in [-0.39, 0.29) is 45.3 Å². The second-order valence-corrected chi connectivity index (χ2v) is 14.6. The summed E-state index contributed by atoms with van der Waals surface area (Å²) in [4.78, 5) is 14.3. The zero-order chi connectivity index (χ0) is 41.2. The molecular formula is C36H20BrF12N3O2S2. The number of nitrogens with zero attached hydrogens (tertiary/aromatic N) is 3. The van der Waals surface area contributed by atoms with E-state index in [0.717, 1.165) is 30.5 Å². The number of hydrogen-bond donors (Lipinski definition) is 1. The van der Waals surface area contributed by atoms with Gasteiger partial charge >= 0.3 is 30.7 Å². The molecule has 0 amide bonds. The van der Waals surface area contributed by atoms with Gasteiger partial charge in [0.2, 0.25) is 5.01 Å². The minimum absolute atomic E-state index is 0.0638. The first-order valence-electron chi connectivity index (χ1n) is 15.4. The van der Waals surface area contributed by atoms with Gasteiger partial charge in [-0.3, -0.25) is 0 Å². The van der Waals surface area contributed by atoms with Crippen LogP contribution in [0.1, 0.15) is 53.6 Å².